The highest BCUT2D eigenvalue weighted by atomic mass is 32.2. The molecule has 9 heteroatoms. The van der Waals surface area contributed by atoms with Crippen molar-refractivity contribution in [3.8, 4) is 17.2 Å². The molecule has 0 unspecified atom stereocenters. The third-order valence-corrected chi connectivity index (χ3v) is 5.57. The summed E-state index contributed by atoms with van der Waals surface area (Å²) in [6, 6.07) is 12.4. The zero-order chi connectivity index (χ0) is 23.3. The second kappa shape index (κ2) is 10.2. The molecule has 0 aliphatic carbocycles. The Hall–Kier alpha value is -3.46. The second-order valence-electron chi connectivity index (χ2n) is 6.80. The third-order valence-electron chi connectivity index (χ3n) is 4.51. The Bertz CT molecular complexity index is 1060. The molecule has 0 aromatic heterocycles. The quantitative estimate of drug-likeness (QED) is 0.595. The van der Waals surface area contributed by atoms with E-state index in [9.17, 15) is 9.59 Å². The van der Waals surface area contributed by atoms with Gasteiger partial charge in [-0.1, -0.05) is 6.07 Å². The molecule has 2 aromatic rings. The maximum Gasteiger partial charge on any atom is 0.344 e. The molecule has 8 nitrogen and oxygen atoms in total. The molecule has 1 aliphatic heterocycles. The molecule has 0 saturated carbocycles. The molecule has 1 saturated heterocycles. The highest BCUT2D eigenvalue weighted by Crippen LogP contribution is 2.35. The first kappa shape index (κ1) is 23.2. The van der Waals surface area contributed by atoms with Crippen molar-refractivity contribution in [3.05, 3.63) is 52.9 Å². The molecular weight excluding hydrogens is 432 g/mol. The fourth-order valence-electron chi connectivity index (χ4n) is 2.81. The molecule has 2 aromatic carbocycles. The van der Waals surface area contributed by atoms with Crippen LogP contribution in [-0.2, 0) is 9.59 Å². The van der Waals surface area contributed by atoms with Crippen molar-refractivity contribution in [2.45, 2.75) is 20.0 Å². The zero-order valence-electron chi connectivity index (χ0n) is 18.2. The number of thioether (sulfide) groups is 1. The minimum Gasteiger partial charge on any atom is -0.494 e. The van der Waals surface area contributed by atoms with Gasteiger partial charge in [-0.15, -0.1) is 0 Å². The normalized spacial score (nSPS) is 17.0. The van der Waals surface area contributed by atoms with Crippen LogP contribution >= 0.6 is 11.8 Å². The van der Waals surface area contributed by atoms with Crippen molar-refractivity contribution in [1.82, 2.24) is 4.90 Å². The van der Waals surface area contributed by atoms with Gasteiger partial charge in [-0.3, -0.25) is 9.69 Å². The number of aliphatic imine (C=N–C) groups is 1. The third kappa shape index (κ3) is 5.42. The summed E-state index contributed by atoms with van der Waals surface area (Å²) in [7, 11) is 3.14. The Morgan fingerprint density at radius 1 is 1.22 bits per heavy atom. The van der Waals surface area contributed by atoms with Gasteiger partial charge >= 0.3 is 5.97 Å². The molecule has 0 radical (unpaired) electrons. The highest BCUT2D eigenvalue weighted by Gasteiger charge is 2.30. The molecule has 1 aliphatic rings. The smallest absolute Gasteiger partial charge is 0.344 e. The van der Waals surface area contributed by atoms with E-state index in [1.165, 1.54) is 30.7 Å². The standard InChI is InChI=1S/C23H24N2O6S/c1-5-30-17-9-7-16(8-10-17)24-23-25(3)21(26)20(32-23)13-15-6-11-18(19(12-15)29-4)31-14(2)22(27)28/h6-14H,5H2,1-4H3,(H,27,28)/b20-13-,24-23?/t14-/m1/s1. The molecule has 3 rings (SSSR count). The van der Waals surface area contributed by atoms with Gasteiger partial charge in [-0.05, 0) is 73.6 Å². The minimum absolute atomic E-state index is 0.168. The van der Waals surface area contributed by atoms with Crippen LogP contribution in [0.3, 0.4) is 0 Å². The van der Waals surface area contributed by atoms with Crippen molar-refractivity contribution in [1.29, 1.82) is 0 Å². The average molecular weight is 457 g/mol. The van der Waals surface area contributed by atoms with Crippen LogP contribution in [0.4, 0.5) is 5.69 Å². The molecule has 1 atom stereocenters. The number of carboxylic acids is 1. The summed E-state index contributed by atoms with van der Waals surface area (Å²) < 4.78 is 16.2. The van der Waals surface area contributed by atoms with E-state index in [0.29, 0.717) is 39.4 Å². The Morgan fingerprint density at radius 2 is 1.94 bits per heavy atom. The van der Waals surface area contributed by atoms with E-state index in [-0.39, 0.29) is 5.91 Å². The lowest BCUT2D eigenvalue weighted by Gasteiger charge is -2.14. The topological polar surface area (TPSA) is 97.7 Å². The predicted molar refractivity (Wildman–Crippen MR) is 124 cm³/mol. The van der Waals surface area contributed by atoms with Crippen LogP contribution in [0.1, 0.15) is 19.4 Å². The van der Waals surface area contributed by atoms with E-state index in [4.69, 9.17) is 19.3 Å². The monoisotopic (exact) mass is 456 g/mol. The van der Waals surface area contributed by atoms with Crippen molar-refractivity contribution in [2.75, 3.05) is 20.8 Å². The average Bonchev–Trinajstić information content (AvgIpc) is 3.03. The number of carbonyl (C=O) groups is 2. The van der Waals surface area contributed by atoms with Crippen molar-refractivity contribution >= 4 is 40.6 Å². The highest BCUT2D eigenvalue weighted by molar-refractivity contribution is 8.18. The number of nitrogens with zero attached hydrogens (tertiary/aromatic N) is 2. The van der Waals surface area contributed by atoms with E-state index < -0.39 is 12.1 Å². The number of rotatable bonds is 8. The van der Waals surface area contributed by atoms with Gasteiger partial charge < -0.3 is 19.3 Å². The van der Waals surface area contributed by atoms with Gasteiger partial charge in [-0.25, -0.2) is 9.79 Å². The Balaban J connectivity index is 1.81. The lowest BCUT2D eigenvalue weighted by Crippen LogP contribution is -2.23. The van der Waals surface area contributed by atoms with Gasteiger partial charge in [0.05, 0.1) is 24.3 Å². The number of carbonyl (C=O) groups excluding carboxylic acids is 1. The summed E-state index contributed by atoms with van der Waals surface area (Å²) in [6.07, 6.45) is 0.715. The summed E-state index contributed by atoms with van der Waals surface area (Å²) >= 11 is 1.27. The maximum atomic E-state index is 12.7. The van der Waals surface area contributed by atoms with Crippen LogP contribution < -0.4 is 14.2 Å². The number of likely N-dealkylation sites (N-methyl/N-ethyl adjacent to an activating group) is 1. The van der Waals surface area contributed by atoms with Crippen molar-refractivity contribution in [2.24, 2.45) is 4.99 Å². The second-order valence-corrected chi connectivity index (χ2v) is 7.81. The van der Waals surface area contributed by atoms with E-state index >= 15 is 0 Å². The number of hydrogen-bond acceptors (Lipinski definition) is 7. The maximum absolute atomic E-state index is 12.7. The summed E-state index contributed by atoms with van der Waals surface area (Å²) in [5.74, 6) is 0.205. The molecule has 1 fully saturated rings. The number of methoxy groups -OCH3 is 1. The van der Waals surface area contributed by atoms with Crippen LogP contribution in [0.15, 0.2) is 52.4 Å². The van der Waals surface area contributed by atoms with Gasteiger partial charge in [0.1, 0.15) is 5.75 Å². The first-order chi connectivity index (χ1) is 15.3. The summed E-state index contributed by atoms with van der Waals surface area (Å²) in [5, 5.41) is 9.60. The lowest BCUT2D eigenvalue weighted by atomic mass is 10.2. The molecule has 168 valence electrons. The van der Waals surface area contributed by atoms with E-state index in [1.54, 1.807) is 31.3 Å². The molecular formula is C23H24N2O6S. The Morgan fingerprint density at radius 3 is 2.56 bits per heavy atom. The zero-order valence-corrected chi connectivity index (χ0v) is 19.0. The largest absolute Gasteiger partial charge is 0.494 e. The fourth-order valence-corrected chi connectivity index (χ4v) is 3.80. The van der Waals surface area contributed by atoms with Crippen LogP contribution in [0, 0.1) is 0 Å². The molecule has 1 N–H and O–H groups in total. The van der Waals surface area contributed by atoms with Gasteiger partial charge in [0.15, 0.2) is 22.8 Å². The van der Waals surface area contributed by atoms with Crippen molar-refractivity contribution < 1.29 is 28.9 Å². The first-order valence-corrected chi connectivity index (χ1v) is 10.7. The number of ether oxygens (including phenoxy) is 3. The minimum atomic E-state index is -1.08. The first-order valence-electron chi connectivity index (χ1n) is 9.89. The molecule has 1 amide bonds. The van der Waals surface area contributed by atoms with Crippen LogP contribution in [0.2, 0.25) is 0 Å². The molecule has 32 heavy (non-hydrogen) atoms. The van der Waals surface area contributed by atoms with Gasteiger partial charge in [0, 0.05) is 7.05 Å². The Labute approximate surface area is 190 Å². The number of carboxylic acid groups (broad SMARTS) is 1. The van der Waals surface area contributed by atoms with Gasteiger partial charge in [-0.2, -0.15) is 0 Å². The number of benzene rings is 2. The number of amides is 1. The SMILES string of the molecule is CCOc1ccc(N=C2S/C(=C\c3ccc(O[C@H](C)C(=O)O)c(OC)c3)C(=O)N2C)cc1. The fraction of sp³-hybridized carbons (Fsp3) is 0.261. The number of aliphatic carboxylic acids is 1. The molecule has 0 spiro atoms. The lowest BCUT2D eigenvalue weighted by molar-refractivity contribution is -0.144. The number of hydrogen-bond donors (Lipinski definition) is 1. The van der Waals surface area contributed by atoms with E-state index in [1.807, 2.05) is 31.2 Å². The molecule has 0 bridgehead atoms. The molecule has 1 heterocycles. The predicted octanol–water partition coefficient (Wildman–Crippen LogP) is 4.18. The van der Waals surface area contributed by atoms with Crippen molar-refractivity contribution in [3.63, 3.8) is 0 Å². The summed E-state index contributed by atoms with van der Waals surface area (Å²) in [6.45, 7) is 3.95. The summed E-state index contributed by atoms with van der Waals surface area (Å²) in [4.78, 5) is 30.3. The number of amidine groups is 1. The Kier molecular flexibility index (Phi) is 7.42. The summed E-state index contributed by atoms with van der Waals surface area (Å²) in [5.41, 5.74) is 1.43. The van der Waals surface area contributed by atoms with E-state index in [0.717, 1.165) is 5.75 Å². The van der Waals surface area contributed by atoms with Gasteiger partial charge in [0.25, 0.3) is 5.91 Å². The van der Waals surface area contributed by atoms with Crippen LogP contribution in [0.25, 0.3) is 6.08 Å². The van der Waals surface area contributed by atoms with E-state index in [2.05, 4.69) is 4.99 Å². The van der Waals surface area contributed by atoms with Crippen LogP contribution in [0.5, 0.6) is 17.2 Å². The van der Waals surface area contributed by atoms with Crippen LogP contribution in [-0.4, -0.2) is 53.9 Å². The van der Waals surface area contributed by atoms with Gasteiger partial charge in [0.2, 0.25) is 0 Å².